The van der Waals surface area contributed by atoms with Gasteiger partial charge in [-0.1, -0.05) is 6.42 Å². The summed E-state index contributed by atoms with van der Waals surface area (Å²) in [5.41, 5.74) is -0.169. The molecule has 0 unspecified atom stereocenters. The van der Waals surface area contributed by atoms with E-state index in [0.29, 0.717) is 43.9 Å². The molecule has 1 amide bonds. The van der Waals surface area contributed by atoms with Gasteiger partial charge in [-0.25, -0.2) is 9.18 Å². The van der Waals surface area contributed by atoms with E-state index in [0.717, 1.165) is 25.3 Å². The largest absolute Gasteiger partial charge is 0.477 e. The molecule has 1 aromatic carbocycles. The highest BCUT2D eigenvalue weighted by Crippen LogP contribution is 2.30. The van der Waals surface area contributed by atoms with Crippen molar-refractivity contribution >= 4 is 28.5 Å². The number of carboxylic acid groups (broad SMARTS) is 1. The van der Waals surface area contributed by atoms with Gasteiger partial charge in [-0.05, 0) is 31.9 Å². The number of amides is 1. The van der Waals surface area contributed by atoms with Crippen LogP contribution >= 0.6 is 0 Å². The monoisotopic (exact) mass is 401 g/mol. The van der Waals surface area contributed by atoms with Crippen molar-refractivity contribution in [1.82, 2.24) is 9.47 Å². The van der Waals surface area contributed by atoms with Gasteiger partial charge >= 0.3 is 5.97 Å². The number of halogens is 1. The Labute approximate surface area is 167 Å². The number of fused-ring (bicyclic) bond motifs is 1. The molecule has 1 aliphatic carbocycles. The van der Waals surface area contributed by atoms with Crippen LogP contribution in [0.15, 0.2) is 23.1 Å². The summed E-state index contributed by atoms with van der Waals surface area (Å²) >= 11 is 0. The van der Waals surface area contributed by atoms with Gasteiger partial charge in [-0.2, -0.15) is 0 Å². The maximum atomic E-state index is 14.9. The molecule has 1 aliphatic heterocycles. The topological polar surface area (TPSA) is 82.8 Å². The van der Waals surface area contributed by atoms with Crippen LogP contribution in [0.2, 0.25) is 0 Å². The van der Waals surface area contributed by atoms with Crippen molar-refractivity contribution in [2.24, 2.45) is 5.92 Å². The first-order valence-electron chi connectivity index (χ1n) is 10.0. The van der Waals surface area contributed by atoms with Gasteiger partial charge in [-0.15, -0.1) is 0 Å². The molecule has 1 saturated heterocycles. The highest BCUT2D eigenvalue weighted by atomic mass is 19.1. The van der Waals surface area contributed by atoms with Crippen LogP contribution in [-0.4, -0.2) is 52.6 Å². The van der Waals surface area contributed by atoms with E-state index in [1.54, 1.807) is 10.6 Å². The lowest BCUT2D eigenvalue weighted by atomic mass is 9.84. The number of hydrogen-bond donors (Lipinski definition) is 1. The van der Waals surface area contributed by atoms with Crippen molar-refractivity contribution in [1.29, 1.82) is 0 Å². The summed E-state index contributed by atoms with van der Waals surface area (Å²) in [6.07, 6.45) is 4.35. The van der Waals surface area contributed by atoms with Crippen LogP contribution in [0, 0.1) is 11.7 Å². The number of anilines is 1. The first-order chi connectivity index (χ1) is 13.9. The molecular formula is C21H24FN3O4. The van der Waals surface area contributed by atoms with Gasteiger partial charge in [0.05, 0.1) is 11.2 Å². The summed E-state index contributed by atoms with van der Waals surface area (Å²) in [4.78, 5) is 40.0. The lowest BCUT2D eigenvalue weighted by Crippen LogP contribution is -2.51. The normalized spacial score (nSPS) is 17.4. The van der Waals surface area contributed by atoms with Crippen LogP contribution in [0.25, 0.3) is 10.9 Å². The number of aromatic nitrogens is 1. The number of pyridine rings is 1. The van der Waals surface area contributed by atoms with Crippen molar-refractivity contribution in [3.63, 3.8) is 0 Å². The molecule has 4 rings (SSSR count). The second kappa shape index (κ2) is 7.50. The molecule has 29 heavy (non-hydrogen) atoms. The van der Waals surface area contributed by atoms with Crippen LogP contribution in [0.3, 0.4) is 0 Å². The van der Waals surface area contributed by atoms with E-state index in [1.807, 2.05) is 16.7 Å². The minimum absolute atomic E-state index is 0.0618. The highest BCUT2D eigenvalue weighted by molar-refractivity contribution is 5.93. The van der Waals surface area contributed by atoms with Crippen molar-refractivity contribution in [3.8, 4) is 0 Å². The summed E-state index contributed by atoms with van der Waals surface area (Å²) in [5, 5.41) is 9.32. The first kappa shape index (κ1) is 19.4. The molecule has 8 heteroatoms. The lowest BCUT2D eigenvalue weighted by molar-refractivity contribution is -0.138. The molecule has 1 N–H and O–H groups in total. The van der Waals surface area contributed by atoms with Crippen molar-refractivity contribution in [3.05, 3.63) is 39.9 Å². The zero-order valence-corrected chi connectivity index (χ0v) is 16.4. The van der Waals surface area contributed by atoms with Crippen molar-refractivity contribution < 1.29 is 19.1 Å². The van der Waals surface area contributed by atoms with E-state index in [9.17, 15) is 23.9 Å². The second-order valence-electron chi connectivity index (χ2n) is 7.72. The number of carboxylic acids is 1. The minimum atomic E-state index is -1.32. The average Bonchev–Trinajstić information content (AvgIpc) is 2.67. The van der Waals surface area contributed by atoms with E-state index in [-0.39, 0.29) is 22.8 Å². The summed E-state index contributed by atoms with van der Waals surface area (Å²) in [7, 11) is 0. The maximum absolute atomic E-state index is 14.9. The van der Waals surface area contributed by atoms with E-state index < -0.39 is 17.2 Å². The van der Waals surface area contributed by atoms with Crippen LogP contribution in [0.4, 0.5) is 10.1 Å². The number of aryl methyl sites for hydroxylation is 1. The number of carbonyl (C=O) groups is 2. The van der Waals surface area contributed by atoms with Crippen LogP contribution in [-0.2, 0) is 11.3 Å². The Morgan fingerprint density at radius 2 is 1.86 bits per heavy atom. The molecule has 0 atom stereocenters. The Kier molecular flexibility index (Phi) is 5.02. The summed E-state index contributed by atoms with van der Waals surface area (Å²) in [5.74, 6) is -1.52. The molecule has 0 spiro atoms. The molecule has 1 saturated carbocycles. The highest BCUT2D eigenvalue weighted by Gasteiger charge is 2.31. The first-order valence-corrected chi connectivity index (χ1v) is 10.0. The molecule has 154 valence electrons. The third-order valence-corrected chi connectivity index (χ3v) is 6.11. The average molecular weight is 401 g/mol. The fraction of sp³-hybridized carbons (Fsp3) is 0.476. The maximum Gasteiger partial charge on any atom is 0.341 e. The SMILES string of the molecule is CCn1cc(C(=O)O)c(=O)c2cc(F)c(N3CCN(C(=O)C4CCC4)CC3)cc21. The molecule has 0 bridgehead atoms. The summed E-state index contributed by atoms with van der Waals surface area (Å²) < 4.78 is 16.5. The number of piperazine rings is 1. The van der Waals surface area contributed by atoms with Gasteiger partial charge in [0, 0.05) is 50.2 Å². The van der Waals surface area contributed by atoms with E-state index >= 15 is 0 Å². The zero-order valence-electron chi connectivity index (χ0n) is 16.4. The summed E-state index contributed by atoms with van der Waals surface area (Å²) in [6, 6.07) is 2.75. The molecule has 2 aliphatic rings. The predicted octanol–water partition coefficient (Wildman–Crippen LogP) is 2.31. The summed E-state index contributed by atoms with van der Waals surface area (Å²) in [6.45, 7) is 4.42. The number of nitrogens with zero attached hydrogens (tertiary/aromatic N) is 3. The standard InChI is InChI=1S/C21H24FN3O4/c1-2-23-12-15(21(28)29)19(26)14-10-16(22)18(11-17(14)23)24-6-8-25(9-7-24)20(27)13-4-3-5-13/h10-13H,2-9H2,1H3,(H,28,29). The Morgan fingerprint density at radius 1 is 1.17 bits per heavy atom. The van der Waals surface area contributed by atoms with E-state index in [2.05, 4.69) is 0 Å². The third kappa shape index (κ3) is 3.36. The van der Waals surface area contributed by atoms with Crippen molar-refractivity contribution in [2.75, 3.05) is 31.1 Å². The molecule has 1 aromatic heterocycles. The number of aromatic carboxylic acids is 1. The third-order valence-electron chi connectivity index (χ3n) is 6.11. The molecule has 7 nitrogen and oxygen atoms in total. The Balaban J connectivity index is 1.64. The predicted molar refractivity (Wildman–Crippen MR) is 107 cm³/mol. The second-order valence-corrected chi connectivity index (χ2v) is 7.72. The van der Waals surface area contributed by atoms with Gasteiger partial charge < -0.3 is 19.5 Å². The molecule has 2 aromatic rings. The quantitative estimate of drug-likeness (QED) is 0.850. The molecule has 2 heterocycles. The van der Waals surface area contributed by atoms with Gasteiger partial charge in [0.2, 0.25) is 11.3 Å². The fourth-order valence-corrected chi connectivity index (χ4v) is 4.14. The molecular weight excluding hydrogens is 377 g/mol. The lowest BCUT2D eigenvalue weighted by Gasteiger charge is -2.39. The van der Waals surface area contributed by atoms with Crippen molar-refractivity contribution in [2.45, 2.75) is 32.7 Å². The van der Waals surface area contributed by atoms with Gasteiger partial charge in [0.1, 0.15) is 11.4 Å². The van der Waals surface area contributed by atoms with Gasteiger partial charge in [0.25, 0.3) is 0 Å². The van der Waals surface area contributed by atoms with Gasteiger partial charge in [0.15, 0.2) is 0 Å². The number of hydrogen-bond acceptors (Lipinski definition) is 4. The Hall–Kier alpha value is -2.90. The van der Waals surface area contributed by atoms with E-state index in [1.165, 1.54) is 6.20 Å². The number of benzene rings is 1. The Morgan fingerprint density at radius 3 is 2.41 bits per heavy atom. The van der Waals surface area contributed by atoms with Crippen LogP contribution in [0.1, 0.15) is 36.5 Å². The zero-order chi connectivity index (χ0) is 20.7. The van der Waals surface area contributed by atoms with E-state index in [4.69, 9.17) is 0 Å². The van der Waals surface area contributed by atoms with Crippen LogP contribution in [0.5, 0.6) is 0 Å². The molecule has 0 radical (unpaired) electrons. The number of carbonyl (C=O) groups excluding carboxylic acids is 1. The fourth-order valence-electron chi connectivity index (χ4n) is 4.14. The minimum Gasteiger partial charge on any atom is -0.477 e. The smallest absolute Gasteiger partial charge is 0.341 e. The van der Waals surface area contributed by atoms with Gasteiger partial charge in [-0.3, -0.25) is 9.59 Å². The van der Waals surface area contributed by atoms with Crippen LogP contribution < -0.4 is 10.3 Å². The molecule has 2 fully saturated rings. The number of rotatable bonds is 4. The Bertz CT molecular complexity index is 1040.